The summed E-state index contributed by atoms with van der Waals surface area (Å²) < 4.78 is 7.96. The van der Waals surface area contributed by atoms with Gasteiger partial charge in [-0.25, -0.2) is 0 Å². The number of hydrogen-bond donors (Lipinski definition) is 0. The Morgan fingerprint density at radius 2 is 1.74 bits per heavy atom. The van der Waals surface area contributed by atoms with Crippen molar-refractivity contribution >= 4 is 0 Å². The summed E-state index contributed by atoms with van der Waals surface area (Å²) in [5.41, 5.74) is 9.80. The number of aryl methyl sites for hydroxylation is 5. The molecule has 182 valence electrons. The van der Waals surface area contributed by atoms with Gasteiger partial charge in [0.1, 0.15) is 18.2 Å². The quantitative estimate of drug-likeness (QED) is 0.355. The molecule has 0 amide bonds. The Hall–Kier alpha value is -2.08. The minimum Gasteiger partial charge on any atom is -0.367 e. The van der Waals surface area contributed by atoms with Crippen molar-refractivity contribution in [1.82, 2.24) is 0 Å². The summed E-state index contributed by atoms with van der Waals surface area (Å²) in [4.78, 5) is 0. The number of ether oxygens (including phenoxy) is 1. The molecule has 0 N–H and O–H groups in total. The monoisotopic (exact) mass is 458 g/mol. The molecule has 2 heterocycles. The molecule has 2 heteroatoms. The Balaban J connectivity index is 1.78. The average Bonchev–Trinajstić information content (AvgIpc) is 3.30. The van der Waals surface area contributed by atoms with Crippen molar-refractivity contribution in [2.45, 2.75) is 85.3 Å². The summed E-state index contributed by atoms with van der Waals surface area (Å²) >= 11 is 0. The van der Waals surface area contributed by atoms with Crippen molar-refractivity contribution in [1.29, 1.82) is 0 Å². The van der Waals surface area contributed by atoms with Crippen molar-refractivity contribution in [2.75, 3.05) is 26.7 Å². The van der Waals surface area contributed by atoms with E-state index in [4.69, 9.17) is 4.74 Å². The number of quaternary nitrogens is 1. The van der Waals surface area contributed by atoms with Crippen LogP contribution in [0.15, 0.2) is 30.3 Å². The highest BCUT2D eigenvalue weighted by atomic mass is 16.5. The molecule has 0 bridgehead atoms. The normalized spacial score (nSPS) is 30.5. The smallest absolute Gasteiger partial charge is 0.145 e. The Bertz CT molecular complexity index is 1120. The second kappa shape index (κ2) is 9.52. The molecule has 0 radical (unpaired) electrons. The predicted octanol–water partition coefficient (Wildman–Crippen LogP) is 6.98. The molecule has 4 rings (SSSR count). The summed E-state index contributed by atoms with van der Waals surface area (Å²) in [5.74, 6) is 7.79. The third-order valence-corrected chi connectivity index (χ3v) is 8.86. The molecule has 2 fully saturated rings. The number of nitrogens with zero attached hydrogens (tertiary/aromatic N) is 1. The maximum atomic E-state index is 7.01. The molecule has 5 atom stereocenters. The van der Waals surface area contributed by atoms with Crippen LogP contribution in [-0.4, -0.2) is 36.8 Å². The van der Waals surface area contributed by atoms with Crippen molar-refractivity contribution in [3.05, 3.63) is 69.3 Å². The summed E-state index contributed by atoms with van der Waals surface area (Å²) in [6.45, 7) is 18.6. The highest BCUT2D eigenvalue weighted by Gasteiger charge is 2.64. The van der Waals surface area contributed by atoms with Crippen LogP contribution in [-0.2, 0) is 11.2 Å². The van der Waals surface area contributed by atoms with Crippen LogP contribution in [0.1, 0.15) is 84.5 Å². The fraction of sp³-hybridized carbons (Fsp3) is 0.562. The van der Waals surface area contributed by atoms with E-state index in [0.717, 1.165) is 43.4 Å². The summed E-state index contributed by atoms with van der Waals surface area (Å²) in [5, 5.41) is 0. The van der Waals surface area contributed by atoms with Gasteiger partial charge in [-0.1, -0.05) is 51.0 Å². The maximum absolute atomic E-state index is 7.01. The first-order valence-corrected chi connectivity index (χ1v) is 13.3. The molecule has 2 aliphatic rings. The second-order valence-corrected chi connectivity index (χ2v) is 11.3. The lowest BCUT2D eigenvalue weighted by molar-refractivity contribution is -0.924. The Labute approximate surface area is 208 Å². The number of hydrogen-bond acceptors (Lipinski definition) is 1. The summed E-state index contributed by atoms with van der Waals surface area (Å²) in [6.07, 6.45) is 3.10. The first-order chi connectivity index (χ1) is 16.1. The molecule has 34 heavy (non-hydrogen) atoms. The zero-order valence-electron chi connectivity index (χ0n) is 22.7. The van der Waals surface area contributed by atoms with Crippen LogP contribution in [0.2, 0.25) is 0 Å². The molecule has 1 spiro atoms. The molecule has 2 aliphatic heterocycles. The van der Waals surface area contributed by atoms with Crippen LogP contribution in [0.4, 0.5) is 0 Å². The van der Waals surface area contributed by atoms with E-state index in [2.05, 4.69) is 97.7 Å². The Morgan fingerprint density at radius 3 is 2.41 bits per heavy atom. The number of benzene rings is 2. The Morgan fingerprint density at radius 1 is 0.971 bits per heavy atom. The highest BCUT2D eigenvalue weighted by molar-refractivity contribution is 5.41. The van der Waals surface area contributed by atoms with Crippen molar-refractivity contribution in [3.8, 4) is 11.8 Å². The second-order valence-electron chi connectivity index (χ2n) is 11.3. The molecule has 0 aromatic heterocycles. The van der Waals surface area contributed by atoms with E-state index in [-0.39, 0.29) is 5.60 Å². The average molecular weight is 459 g/mol. The summed E-state index contributed by atoms with van der Waals surface area (Å²) in [7, 11) is 2.42. The number of likely N-dealkylation sites (N-methyl/N-ethyl adjacent to an activating group) is 1. The van der Waals surface area contributed by atoms with Crippen molar-refractivity contribution < 1.29 is 9.22 Å². The molecule has 2 aromatic rings. The van der Waals surface area contributed by atoms with Crippen LogP contribution in [0.5, 0.6) is 0 Å². The fourth-order valence-corrected chi connectivity index (χ4v) is 7.01. The van der Waals surface area contributed by atoms with Gasteiger partial charge in [-0.05, 0) is 85.9 Å². The zero-order valence-corrected chi connectivity index (χ0v) is 22.7. The van der Waals surface area contributed by atoms with Crippen molar-refractivity contribution in [3.63, 3.8) is 0 Å². The van der Waals surface area contributed by atoms with E-state index in [0.29, 0.717) is 17.9 Å². The molecular formula is C32H44NO+. The minimum absolute atomic E-state index is 0.154. The standard InChI is InChI=1S/C32H44NO/c1-9-11-12-15-33(8)20-26(7)32(31(33)28-14-13-22(3)23(4)17-28)19-29(21-34-32)30-18-27(10-2)24(5)16-25(30)6/h13-14,16-18,26,29,31H,9-10,15,19-21H2,1-8H3/q+1. The van der Waals surface area contributed by atoms with E-state index >= 15 is 0 Å². The molecule has 2 saturated heterocycles. The Kier molecular flexibility index (Phi) is 7.01. The predicted molar refractivity (Wildman–Crippen MR) is 143 cm³/mol. The lowest BCUT2D eigenvalue weighted by atomic mass is 9.76. The molecule has 2 nitrogen and oxygen atoms in total. The van der Waals surface area contributed by atoms with E-state index in [1.165, 1.54) is 38.9 Å². The van der Waals surface area contributed by atoms with Crippen LogP contribution in [0.3, 0.4) is 0 Å². The molecular weight excluding hydrogens is 414 g/mol. The van der Waals surface area contributed by atoms with Gasteiger partial charge in [-0.15, -0.1) is 0 Å². The van der Waals surface area contributed by atoms with Crippen LogP contribution in [0.25, 0.3) is 0 Å². The number of rotatable bonds is 4. The van der Waals surface area contributed by atoms with Gasteiger partial charge in [0.15, 0.2) is 0 Å². The first-order valence-electron chi connectivity index (χ1n) is 13.3. The third kappa shape index (κ3) is 4.23. The van der Waals surface area contributed by atoms with Gasteiger partial charge in [-0.3, -0.25) is 0 Å². The molecule has 5 unspecified atom stereocenters. The van der Waals surface area contributed by atoms with Gasteiger partial charge >= 0.3 is 0 Å². The van der Waals surface area contributed by atoms with E-state index in [9.17, 15) is 0 Å². The largest absolute Gasteiger partial charge is 0.367 e. The van der Waals surface area contributed by atoms with Crippen LogP contribution >= 0.6 is 0 Å². The van der Waals surface area contributed by atoms with Gasteiger partial charge in [0.05, 0.1) is 20.2 Å². The zero-order chi connectivity index (χ0) is 24.7. The molecule has 0 aliphatic carbocycles. The minimum atomic E-state index is -0.154. The summed E-state index contributed by atoms with van der Waals surface area (Å²) in [6, 6.07) is 12.2. The lowest BCUT2D eigenvalue weighted by Crippen LogP contribution is -2.49. The van der Waals surface area contributed by atoms with Crippen LogP contribution < -0.4 is 0 Å². The van der Waals surface area contributed by atoms with Crippen LogP contribution in [0, 0.1) is 45.5 Å². The molecule has 2 aromatic carbocycles. The maximum Gasteiger partial charge on any atom is 0.145 e. The third-order valence-electron chi connectivity index (χ3n) is 8.86. The molecule has 0 saturated carbocycles. The first kappa shape index (κ1) is 25.0. The van der Waals surface area contributed by atoms with Gasteiger partial charge < -0.3 is 9.22 Å². The van der Waals surface area contributed by atoms with Gasteiger partial charge in [0, 0.05) is 23.8 Å². The lowest BCUT2D eigenvalue weighted by Gasteiger charge is -2.40. The van der Waals surface area contributed by atoms with Gasteiger partial charge in [0.2, 0.25) is 0 Å². The van der Waals surface area contributed by atoms with E-state index in [1.807, 2.05) is 0 Å². The van der Waals surface area contributed by atoms with Crippen molar-refractivity contribution in [2.24, 2.45) is 5.92 Å². The van der Waals surface area contributed by atoms with Gasteiger partial charge in [-0.2, -0.15) is 0 Å². The van der Waals surface area contributed by atoms with E-state index in [1.54, 1.807) is 0 Å². The SMILES string of the molecule is CCC#CC[N+]1(C)CC(C)C2(CC(c3cc(CC)c(C)cc3C)CO2)C1c1ccc(C)c(C)c1. The van der Waals surface area contributed by atoms with Gasteiger partial charge in [0.25, 0.3) is 0 Å². The topological polar surface area (TPSA) is 9.23 Å². The number of likely N-dealkylation sites (tertiary alicyclic amines) is 1. The fourth-order valence-electron chi connectivity index (χ4n) is 7.01. The highest BCUT2D eigenvalue weighted by Crippen LogP contribution is 2.57. The van der Waals surface area contributed by atoms with E-state index < -0.39 is 0 Å².